The standard InChI is InChI=1S/C16H13ClN4OS/c1-11(13(7-18)8-19)20-16-10-23(2,22)9-15(21-16)12-3-5-14(17)6-4-12/h3-6,9-10H,1-2H3,(H,20,21). The molecule has 0 aromatic heterocycles. The van der Waals surface area contributed by atoms with E-state index in [1.807, 2.05) is 0 Å². The van der Waals surface area contributed by atoms with Gasteiger partial charge in [0.1, 0.15) is 23.5 Å². The molecule has 2 rings (SSSR count). The molecule has 1 aliphatic rings. The van der Waals surface area contributed by atoms with Gasteiger partial charge in [-0.3, -0.25) is 4.21 Å². The molecule has 0 spiro atoms. The molecule has 0 bridgehead atoms. The van der Waals surface area contributed by atoms with Crippen LogP contribution in [0.15, 0.2) is 51.8 Å². The highest BCUT2D eigenvalue weighted by atomic mass is 35.5. The molecule has 0 saturated carbocycles. The van der Waals surface area contributed by atoms with E-state index in [1.54, 1.807) is 55.0 Å². The first-order valence-corrected chi connectivity index (χ1v) is 9.00. The summed E-state index contributed by atoms with van der Waals surface area (Å²) in [5, 5.41) is 24.3. The van der Waals surface area contributed by atoms with Crippen LogP contribution in [0.5, 0.6) is 0 Å². The van der Waals surface area contributed by atoms with Gasteiger partial charge in [-0.1, -0.05) is 23.7 Å². The van der Waals surface area contributed by atoms with Crippen molar-refractivity contribution in [3.8, 4) is 12.1 Å². The number of halogens is 1. The molecular weight excluding hydrogens is 332 g/mol. The molecule has 116 valence electrons. The average Bonchev–Trinajstić information content (AvgIpc) is 2.47. The van der Waals surface area contributed by atoms with Crippen molar-refractivity contribution >= 4 is 32.2 Å². The topological polar surface area (TPSA) is 89.0 Å². The minimum absolute atomic E-state index is 0.0497. The first kappa shape index (κ1) is 16.8. The quantitative estimate of drug-likeness (QED) is 0.674. The number of aliphatic imine (C=N–C) groups is 1. The van der Waals surface area contributed by atoms with Gasteiger partial charge in [-0.05, 0) is 28.6 Å². The van der Waals surface area contributed by atoms with Crippen LogP contribution in [0.4, 0.5) is 0 Å². The summed E-state index contributed by atoms with van der Waals surface area (Å²) in [4.78, 5) is 4.40. The van der Waals surface area contributed by atoms with Gasteiger partial charge in [0, 0.05) is 33.3 Å². The highest BCUT2D eigenvalue weighted by molar-refractivity contribution is 8.04. The number of nitriles is 2. The maximum atomic E-state index is 12.5. The van der Waals surface area contributed by atoms with Crippen molar-refractivity contribution in [1.82, 2.24) is 5.32 Å². The first-order valence-electron chi connectivity index (χ1n) is 6.53. The normalized spacial score (nSPS) is 19.3. The maximum Gasteiger partial charge on any atom is 0.148 e. The molecule has 23 heavy (non-hydrogen) atoms. The van der Waals surface area contributed by atoms with Crippen LogP contribution in [0.1, 0.15) is 12.5 Å². The highest BCUT2D eigenvalue weighted by Gasteiger charge is 2.13. The molecule has 5 nitrogen and oxygen atoms in total. The Labute approximate surface area is 140 Å². The minimum atomic E-state index is -2.38. The molecular formula is C16H13ClN4OS. The van der Waals surface area contributed by atoms with Gasteiger partial charge in [0.25, 0.3) is 0 Å². The Morgan fingerprint density at radius 1 is 1.26 bits per heavy atom. The van der Waals surface area contributed by atoms with Gasteiger partial charge in [-0.2, -0.15) is 10.5 Å². The molecule has 1 atom stereocenters. The highest BCUT2D eigenvalue weighted by Crippen LogP contribution is 2.15. The van der Waals surface area contributed by atoms with Gasteiger partial charge in [-0.15, -0.1) is 0 Å². The third kappa shape index (κ3) is 4.23. The number of allylic oxidation sites excluding steroid dienone is 2. The zero-order valence-corrected chi connectivity index (χ0v) is 14.1. The van der Waals surface area contributed by atoms with E-state index in [-0.39, 0.29) is 5.57 Å². The van der Waals surface area contributed by atoms with Crippen molar-refractivity contribution in [2.75, 3.05) is 6.26 Å². The third-order valence-electron chi connectivity index (χ3n) is 2.99. The van der Waals surface area contributed by atoms with Crippen molar-refractivity contribution in [3.63, 3.8) is 0 Å². The predicted octanol–water partition coefficient (Wildman–Crippen LogP) is 2.57. The van der Waals surface area contributed by atoms with E-state index in [0.717, 1.165) is 5.56 Å². The fraction of sp³-hybridized carbons (Fsp3) is 0.125. The summed E-state index contributed by atoms with van der Waals surface area (Å²) < 4.78 is 12.5. The molecule has 0 fully saturated rings. The Balaban J connectivity index is 2.45. The molecule has 1 unspecified atom stereocenters. The van der Waals surface area contributed by atoms with Gasteiger partial charge in [0.05, 0.1) is 5.71 Å². The van der Waals surface area contributed by atoms with E-state index in [2.05, 4.69) is 10.3 Å². The predicted molar refractivity (Wildman–Crippen MR) is 93.3 cm³/mol. The Bertz CT molecular complexity index is 918. The van der Waals surface area contributed by atoms with Gasteiger partial charge in [0.15, 0.2) is 0 Å². The second-order valence-corrected chi connectivity index (χ2v) is 7.78. The van der Waals surface area contributed by atoms with Crippen LogP contribution in [-0.2, 0) is 9.52 Å². The number of rotatable bonds is 3. The summed E-state index contributed by atoms with van der Waals surface area (Å²) in [5.41, 5.74) is 1.63. The molecule has 7 heteroatoms. The fourth-order valence-corrected chi connectivity index (χ4v) is 3.30. The number of hydrogen-bond donors (Lipinski definition) is 1. The van der Waals surface area contributed by atoms with Crippen LogP contribution in [0.2, 0.25) is 5.02 Å². The van der Waals surface area contributed by atoms with E-state index in [0.29, 0.717) is 22.3 Å². The Hall–Kier alpha value is -2.54. The zero-order chi connectivity index (χ0) is 17.0. The van der Waals surface area contributed by atoms with Crippen molar-refractivity contribution in [2.24, 2.45) is 4.99 Å². The molecule has 0 saturated heterocycles. The smallest absolute Gasteiger partial charge is 0.148 e. The molecule has 1 heterocycles. The molecule has 1 aliphatic heterocycles. The summed E-state index contributed by atoms with van der Waals surface area (Å²) in [6, 6.07) is 10.6. The summed E-state index contributed by atoms with van der Waals surface area (Å²) in [6.45, 7) is 1.59. The van der Waals surface area contributed by atoms with Gasteiger partial charge >= 0.3 is 0 Å². The zero-order valence-electron chi connectivity index (χ0n) is 12.5. The lowest BCUT2D eigenvalue weighted by Crippen LogP contribution is -2.21. The third-order valence-corrected chi connectivity index (χ3v) is 4.62. The monoisotopic (exact) mass is 344 g/mol. The van der Waals surface area contributed by atoms with Gasteiger partial charge in [-0.25, -0.2) is 4.99 Å². The lowest BCUT2D eigenvalue weighted by atomic mass is 10.1. The van der Waals surface area contributed by atoms with Crippen LogP contribution in [0.25, 0.3) is 0 Å². The van der Waals surface area contributed by atoms with E-state index in [9.17, 15) is 4.21 Å². The van der Waals surface area contributed by atoms with E-state index >= 15 is 0 Å². The van der Waals surface area contributed by atoms with Crippen LogP contribution >= 0.6 is 11.6 Å². The Morgan fingerprint density at radius 3 is 2.43 bits per heavy atom. The van der Waals surface area contributed by atoms with Crippen molar-refractivity contribution in [3.05, 3.63) is 57.4 Å². The van der Waals surface area contributed by atoms with Crippen LogP contribution in [-0.4, -0.2) is 21.5 Å². The number of nitrogens with zero attached hydrogens (tertiary/aromatic N) is 3. The molecule has 1 aromatic carbocycles. The van der Waals surface area contributed by atoms with Crippen molar-refractivity contribution in [1.29, 1.82) is 10.5 Å². The summed E-state index contributed by atoms with van der Waals surface area (Å²) in [7, 11) is -2.38. The Kier molecular flexibility index (Phi) is 4.90. The number of benzene rings is 1. The number of nitrogens with one attached hydrogen (secondary N) is 1. The van der Waals surface area contributed by atoms with E-state index < -0.39 is 9.52 Å². The van der Waals surface area contributed by atoms with Crippen LogP contribution in [0.3, 0.4) is 0 Å². The maximum absolute atomic E-state index is 12.5. The second kappa shape index (κ2) is 6.70. The van der Waals surface area contributed by atoms with Gasteiger partial charge in [0.2, 0.25) is 0 Å². The minimum Gasteiger partial charge on any atom is -0.342 e. The Morgan fingerprint density at radius 2 is 1.87 bits per heavy atom. The number of hydrogen-bond acceptors (Lipinski definition) is 5. The van der Waals surface area contributed by atoms with Crippen molar-refractivity contribution in [2.45, 2.75) is 6.92 Å². The van der Waals surface area contributed by atoms with Crippen molar-refractivity contribution < 1.29 is 4.21 Å². The lowest BCUT2D eigenvalue weighted by molar-refractivity contribution is 0.689. The lowest BCUT2D eigenvalue weighted by Gasteiger charge is -2.14. The molecule has 1 N–H and O–H groups in total. The summed E-state index contributed by atoms with van der Waals surface area (Å²) in [6.07, 6.45) is 1.59. The first-order chi connectivity index (χ1) is 10.8. The largest absolute Gasteiger partial charge is 0.342 e. The van der Waals surface area contributed by atoms with Gasteiger partial charge < -0.3 is 5.32 Å². The molecule has 0 radical (unpaired) electrons. The van der Waals surface area contributed by atoms with Crippen LogP contribution in [0, 0.1) is 22.7 Å². The van der Waals surface area contributed by atoms with Crippen LogP contribution < -0.4 is 5.32 Å². The molecule has 0 aliphatic carbocycles. The van der Waals surface area contributed by atoms with E-state index in [4.69, 9.17) is 22.1 Å². The average molecular weight is 345 g/mol. The summed E-state index contributed by atoms with van der Waals surface area (Å²) >= 11 is 5.87. The van der Waals surface area contributed by atoms with E-state index in [1.165, 1.54) is 5.41 Å². The molecule has 0 amide bonds. The summed E-state index contributed by atoms with van der Waals surface area (Å²) in [5.74, 6) is 0.338. The SMILES string of the molecule is CC(NC1=CS(C)(=O)=CC(c2ccc(Cl)cc2)=N1)=C(C#N)C#N. The molecule has 1 aromatic rings. The second-order valence-electron chi connectivity index (χ2n) is 4.94. The fourth-order valence-electron chi connectivity index (χ4n) is 1.92.